The number of carboxylic acid groups (broad SMARTS) is 1. The highest BCUT2D eigenvalue weighted by Crippen LogP contribution is 2.37. The van der Waals surface area contributed by atoms with Gasteiger partial charge in [0, 0.05) is 18.5 Å². The molecule has 0 aliphatic carbocycles. The number of carbonyl (C=O) groups excluding carboxylic acids is 2. The van der Waals surface area contributed by atoms with E-state index >= 15 is 0 Å². The van der Waals surface area contributed by atoms with Gasteiger partial charge >= 0.3 is 5.97 Å². The van der Waals surface area contributed by atoms with Crippen molar-refractivity contribution in [2.24, 2.45) is 17.9 Å². The van der Waals surface area contributed by atoms with Crippen LogP contribution < -0.4 is 31.5 Å². The van der Waals surface area contributed by atoms with Crippen LogP contribution in [0.25, 0.3) is 11.1 Å². The third-order valence-corrected chi connectivity index (χ3v) is 10.3. The van der Waals surface area contributed by atoms with Crippen molar-refractivity contribution in [3.8, 4) is 16.9 Å². The number of nitrogens with two attached hydrogens (primary N) is 2. The fourth-order valence-corrected chi connectivity index (χ4v) is 7.09. The number of hydrogen-bond acceptors (Lipinski definition) is 15. The minimum atomic E-state index is -5.28. The zero-order valence-corrected chi connectivity index (χ0v) is 29.6. The van der Waals surface area contributed by atoms with Crippen LogP contribution >= 0.6 is 11.3 Å². The van der Waals surface area contributed by atoms with E-state index in [1.807, 2.05) is 36.3 Å². The lowest BCUT2D eigenvalue weighted by Gasteiger charge is -2.51. The second kappa shape index (κ2) is 12.8. The molecule has 0 bridgehead atoms. The number of anilines is 1. The lowest BCUT2D eigenvalue weighted by molar-refractivity contribution is -0.754. The Morgan fingerprint density at radius 2 is 2.06 bits per heavy atom. The molecule has 7 N–H and O–H groups in total. The first-order chi connectivity index (χ1) is 23.8. The van der Waals surface area contributed by atoms with Gasteiger partial charge in [-0.3, -0.25) is 9.59 Å². The molecule has 1 aromatic carbocycles. The minimum Gasteiger partial charge on any atom is -0.724 e. The molecule has 6 rings (SSSR count). The molecule has 21 heteroatoms. The lowest BCUT2D eigenvalue weighted by Crippen LogP contribution is -2.76. The lowest BCUT2D eigenvalue weighted by atomic mass is 9.84. The summed E-state index contributed by atoms with van der Waals surface area (Å²) in [5.74, 6) is -3.02. The number of aryl methyl sites for hydroxylation is 2. The van der Waals surface area contributed by atoms with Crippen LogP contribution in [0.1, 0.15) is 38.4 Å². The van der Waals surface area contributed by atoms with Crippen LogP contribution in [0.4, 0.5) is 5.13 Å². The molecule has 5 heterocycles. The average molecular weight is 748 g/mol. The van der Waals surface area contributed by atoms with Gasteiger partial charge in [0.1, 0.15) is 17.5 Å². The highest BCUT2D eigenvalue weighted by Gasteiger charge is 2.58. The number of thiazole rings is 1. The van der Waals surface area contributed by atoms with Crippen LogP contribution in [0.2, 0.25) is 0 Å². The zero-order chi connectivity index (χ0) is 37.1. The van der Waals surface area contributed by atoms with E-state index in [4.69, 9.17) is 21.0 Å². The Balaban J connectivity index is 1.20. The maximum absolute atomic E-state index is 13.5. The molecule has 51 heavy (non-hydrogen) atoms. The molecule has 2 amide bonds. The Morgan fingerprint density at radius 3 is 2.65 bits per heavy atom. The van der Waals surface area contributed by atoms with Gasteiger partial charge in [0.2, 0.25) is 16.6 Å². The second-order valence-corrected chi connectivity index (χ2v) is 15.4. The van der Waals surface area contributed by atoms with Gasteiger partial charge in [-0.15, -0.1) is 16.0 Å². The van der Waals surface area contributed by atoms with Crippen LogP contribution in [0.3, 0.4) is 0 Å². The van der Waals surface area contributed by atoms with Crippen molar-refractivity contribution in [2.75, 3.05) is 18.8 Å². The predicted octanol–water partition coefficient (Wildman–Crippen LogP) is -1.23. The standard InChI is InChI=1S/C30H37N9O10S2/c1-28(2)23(25(41)39(28)49-51(44,45)46)35-24(40)22(19-12-50-27(31)34-19)36-48-29(3,26(42)43)21-8-6-17-9-16(5-7-20(17)47-21)18-10-37(4)38(11-18)15-30(32)13-33-14-30/h5,7,9-12,21,23,33H,6,8,13-15,32H2,1-4H3,(H4-,31,34,35,40,42,43,44,45,46)/b36-22-/t21-,23-,29+/m1/s1. The molecule has 0 radical (unpaired) electrons. The van der Waals surface area contributed by atoms with E-state index in [2.05, 4.69) is 29.7 Å². The van der Waals surface area contributed by atoms with Crippen molar-refractivity contribution in [3.05, 3.63) is 47.2 Å². The normalized spacial score (nSPS) is 22.1. The van der Waals surface area contributed by atoms with Crippen LogP contribution in [-0.4, -0.2) is 98.2 Å². The highest BCUT2D eigenvalue weighted by molar-refractivity contribution is 7.80. The fourth-order valence-electron chi connectivity index (χ4n) is 6.10. The summed E-state index contributed by atoms with van der Waals surface area (Å²) in [4.78, 5) is 48.5. The third-order valence-electron chi connectivity index (χ3n) is 9.25. The Morgan fingerprint density at radius 1 is 1.33 bits per heavy atom. The average Bonchev–Trinajstić information content (AvgIpc) is 3.64. The number of hydrogen-bond donors (Lipinski definition) is 5. The second-order valence-electron chi connectivity index (χ2n) is 13.5. The van der Waals surface area contributed by atoms with E-state index < -0.39 is 57.2 Å². The molecule has 0 unspecified atom stereocenters. The Kier molecular flexibility index (Phi) is 9.09. The van der Waals surface area contributed by atoms with Gasteiger partial charge < -0.3 is 41.3 Å². The molecule has 2 fully saturated rings. The largest absolute Gasteiger partial charge is 0.724 e. The minimum absolute atomic E-state index is 0.0580. The first kappa shape index (κ1) is 36.1. The van der Waals surface area contributed by atoms with E-state index in [-0.39, 0.29) is 22.8 Å². The Hall–Kier alpha value is -4.67. The van der Waals surface area contributed by atoms with Gasteiger partial charge in [0.05, 0.1) is 29.4 Å². The van der Waals surface area contributed by atoms with Crippen LogP contribution in [0.15, 0.2) is 41.1 Å². The summed E-state index contributed by atoms with van der Waals surface area (Å²) in [7, 11) is -3.33. The summed E-state index contributed by atoms with van der Waals surface area (Å²) in [6.07, 6.45) is 3.65. The maximum Gasteiger partial charge on any atom is 0.354 e. The number of amides is 2. The number of carbonyl (C=O) groups is 3. The number of carboxylic acids is 1. The SMILES string of the molecule is C[n+]1cc(-c2ccc3c(c2)CC[C@H]([C@](C)(O/N=C(\C(=O)N[C@@H]2C(=O)N(OS(=O)(=O)[O-])C2(C)C)c2csc(N)n2)C(=O)O)O3)cn1CC1(N)CNC1. The van der Waals surface area contributed by atoms with Crippen molar-refractivity contribution < 1.29 is 51.0 Å². The molecule has 2 aromatic heterocycles. The van der Waals surface area contributed by atoms with Gasteiger partial charge in [-0.25, -0.2) is 18.2 Å². The predicted molar refractivity (Wildman–Crippen MR) is 177 cm³/mol. The van der Waals surface area contributed by atoms with Gasteiger partial charge in [0.15, 0.2) is 24.0 Å². The van der Waals surface area contributed by atoms with E-state index in [1.165, 1.54) is 26.2 Å². The summed E-state index contributed by atoms with van der Waals surface area (Å²) in [6.45, 7) is 6.09. The number of nitrogens with one attached hydrogen (secondary N) is 2. The van der Waals surface area contributed by atoms with Crippen LogP contribution in [-0.2, 0) is 53.9 Å². The molecule has 3 aromatic rings. The van der Waals surface area contributed by atoms with E-state index in [1.54, 1.807) is 6.07 Å². The summed E-state index contributed by atoms with van der Waals surface area (Å²) < 4.78 is 47.7. The quantitative estimate of drug-likeness (QED) is 0.0363. The maximum atomic E-state index is 13.5. The van der Waals surface area contributed by atoms with Crippen molar-refractivity contribution in [3.63, 3.8) is 0 Å². The number of fused-ring (bicyclic) bond motifs is 1. The number of nitrogens with zero attached hydrogens (tertiary/aromatic N) is 5. The summed E-state index contributed by atoms with van der Waals surface area (Å²) in [5.41, 5.74) is 10.5. The topological polar surface area (TPSA) is 270 Å². The van der Waals surface area contributed by atoms with Crippen molar-refractivity contribution >= 4 is 50.4 Å². The number of nitrogen functional groups attached to an aromatic ring is 1. The number of ether oxygens (including phenoxy) is 1. The smallest absolute Gasteiger partial charge is 0.354 e. The summed E-state index contributed by atoms with van der Waals surface area (Å²) in [6, 6.07) is 4.26. The number of hydroxylamine groups is 2. The Bertz CT molecular complexity index is 2040. The monoisotopic (exact) mass is 747 g/mol. The van der Waals surface area contributed by atoms with Gasteiger partial charge in [-0.2, -0.15) is 14.0 Å². The summed E-state index contributed by atoms with van der Waals surface area (Å²) >= 11 is 0.965. The number of β-lactam (4-membered cyclic amide) rings is 1. The van der Waals surface area contributed by atoms with Gasteiger partial charge in [0.25, 0.3) is 17.4 Å². The van der Waals surface area contributed by atoms with E-state index in [0.717, 1.165) is 41.1 Å². The first-order valence-corrected chi connectivity index (χ1v) is 17.9. The first-order valence-electron chi connectivity index (χ1n) is 15.7. The van der Waals surface area contributed by atoms with Crippen LogP contribution in [0.5, 0.6) is 5.75 Å². The molecule has 274 valence electrons. The van der Waals surface area contributed by atoms with Gasteiger partial charge in [-0.1, -0.05) is 11.2 Å². The zero-order valence-electron chi connectivity index (χ0n) is 28.0. The van der Waals surface area contributed by atoms with Crippen molar-refractivity contribution in [1.82, 2.24) is 25.4 Å². The van der Waals surface area contributed by atoms with Crippen molar-refractivity contribution in [1.29, 1.82) is 0 Å². The van der Waals surface area contributed by atoms with E-state index in [9.17, 15) is 32.5 Å². The molecular formula is C30H37N9O10S2. The van der Waals surface area contributed by atoms with E-state index in [0.29, 0.717) is 23.8 Å². The number of rotatable bonds is 12. The number of aromatic nitrogens is 3. The van der Waals surface area contributed by atoms with Crippen molar-refractivity contribution in [2.45, 2.75) is 69.0 Å². The molecule has 0 spiro atoms. The molecule has 2 saturated heterocycles. The number of aliphatic carboxylic acids is 1. The fraction of sp³-hybridized carbons (Fsp3) is 0.467. The molecule has 0 saturated carbocycles. The third kappa shape index (κ3) is 6.99. The highest BCUT2D eigenvalue weighted by atomic mass is 32.3. The molecule has 3 atom stereocenters. The summed E-state index contributed by atoms with van der Waals surface area (Å²) in [5, 5.41) is 21.6. The van der Waals surface area contributed by atoms with Gasteiger partial charge in [-0.05, 0) is 56.9 Å². The number of benzene rings is 1. The molecular weight excluding hydrogens is 711 g/mol. The van der Waals surface area contributed by atoms with Crippen LogP contribution in [0, 0.1) is 0 Å². The molecule has 3 aliphatic heterocycles. The molecule has 19 nitrogen and oxygen atoms in total. The number of oxime groups is 1. The Labute approximate surface area is 296 Å². The molecule has 3 aliphatic rings.